The first kappa shape index (κ1) is 33.9. The van der Waals surface area contributed by atoms with Crippen molar-refractivity contribution in [2.45, 2.75) is 77.7 Å². The molecule has 0 bridgehead atoms. The lowest BCUT2D eigenvalue weighted by Crippen LogP contribution is -2.50. The summed E-state index contributed by atoms with van der Waals surface area (Å²) in [4.78, 5) is 63.1. The first-order valence-electron chi connectivity index (χ1n) is 13.0. The minimum Gasteiger partial charge on any atom is -0.497 e. The lowest BCUT2D eigenvalue weighted by Gasteiger charge is -2.28. The minimum atomic E-state index is -0.866. The third-order valence-corrected chi connectivity index (χ3v) is 6.67. The van der Waals surface area contributed by atoms with E-state index < -0.39 is 40.6 Å². The Labute approximate surface area is 235 Å². The van der Waals surface area contributed by atoms with Gasteiger partial charge in [-0.2, -0.15) is 0 Å². The maximum absolute atomic E-state index is 13.6. The van der Waals surface area contributed by atoms with Gasteiger partial charge in [-0.1, -0.05) is 37.7 Å². The first-order valence-corrected chi connectivity index (χ1v) is 13.8. The topological polar surface area (TPSA) is 140 Å². The van der Waals surface area contributed by atoms with E-state index in [0.717, 1.165) is 17.3 Å². The zero-order valence-electron chi connectivity index (χ0n) is 24.2. The van der Waals surface area contributed by atoms with Crippen molar-refractivity contribution in [2.24, 2.45) is 11.8 Å². The van der Waals surface area contributed by atoms with Crippen molar-refractivity contribution in [1.29, 1.82) is 0 Å². The van der Waals surface area contributed by atoms with Crippen LogP contribution in [0.2, 0.25) is 0 Å². The molecule has 0 radical (unpaired) electrons. The summed E-state index contributed by atoms with van der Waals surface area (Å²) < 4.78 is 10.4. The number of amides is 3. The fraction of sp³-hybridized carbons (Fsp3) is 0.607. The normalized spacial score (nSPS) is 13.6. The molecule has 0 aliphatic carbocycles. The van der Waals surface area contributed by atoms with Crippen molar-refractivity contribution in [2.75, 3.05) is 20.7 Å². The Morgan fingerprint density at radius 2 is 1.62 bits per heavy atom. The van der Waals surface area contributed by atoms with Gasteiger partial charge in [-0.05, 0) is 50.8 Å². The fourth-order valence-corrected chi connectivity index (χ4v) is 4.94. The molecule has 0 fully saturated rings. The molecule has 3 atom stereocenters. The number of benzene rings is 1. The highest BCUT2D eigenvalue weighted by molar-refractivity contribution is 8.14. The van der Waals surface area contributed by atoms with E-state index in [2.05, 4.69) is 16.0 Å². The first-order chi connectivity index (χ1) is 18.1. The summed E-state index contributed by atoms with van der Waals surface area (Å²) in [5.74, 6) is -1.87. The summed E-state index contributed by atoms with van der Waals surface area (Å²) in [6, 6.07) is 6.31. The molecule has 0 saturated heterocycles. The predicted octanol–water partition coefficient (Wildman–Crippen LogP) is 2.63. The van der Waals surface area contributed by atoms with Gasteiger partial charge in [0.2, 0.25) is 17.7 Å². The molecule has 0 saturated carbocycles. The van der Waals surface area contributed by atoms with Gasteiger partial charge in [0.05, 0.1) is 13.0 Å². The van der Waals surface area contributed by atoms with E-state index in [1.54, 1.807) is 40.0 Å². The van der Waals surface area contributed by atoms with Crippen molar-refractivity contribution in [3.05, 3.63) is 29.8 Å². The van der Waals surface area contributed by atoms with Crippen molar-refractivity contribution in [3.63, 3.8) is 0 Å². The average Bonchev–Trinajstić information content (AvgIpc) is 2.83. The van der Waals surface area contributed by atoms with Gasteiger partial charge in [-0.3, -0.25) is 24.0 Å². The van der Waals surface area contributed by atoms with Gasteiger partial charge in [0.1, 0.15) is 23.9 Å². The zero-order chi connectivity index (χ0) is 29.8. The summed E-state index contributed by atoms with van der Waals surface area (Å²) in [6.07, 6.45) is 0.463. The van der Waals surface area contributed by atoms with Gasteiger partial charge in [0.25, 0.3) is 0 Å². The number of carbonyl (C=O) groups is 5. The molecule has 3 N–H and O–H groups in total. The Balaban J connectivity index is 3.09. The van der Waals surface area contributed by atoms with E-state index in [4.69, 9.17) is 9.47 Å². The van der Waals surface area contributed by atoms with Gasteiger partial charge in [0.15, 0.2) is 5.12 Å². The molecule has 1 aromatic carbocycles. The molecule has 1 aromatic rings. The lowest BCUT2D eigenvalue weighted by atomic mass is 9.90. The molecular weight excluding hydrogens is 522 g/mol. The number of methoxy groups -OCH3 is 1. The third kappa shape index (κ3) is 13.5. The number of carbonyl (C=O) groups excluding carboxylic acids is 5. The minimum absolute atomic E-state index is 0.0701. The summed E-state index contributed by atoms with van der Waals surface area (Å²) in [7, 11) is 3.05. The van der Waals surface area contributed by atoms with Crippen LogP contribution in [-0.4, -0.2) is 66.4 Å². The van der Waals surface area contributed by atoms with Crippen molar-refractivity contribution in [1.82, 2.24) is 16.0 Å². The number of ether oxygens (including phenoxy) is 2. The Hall–Kier alpha value is -3.08. The number of thioether (sulfide) groups is 1. The maximum Gasteiger partial charge on any atom is 0.325 e. The fourth-order valence-electron chi connectivity index (χ4n) is 3.88. The van der Waals surface area contributed by atoms with Crippen molar-refractivity contribution >= 4 is 40.6 Å². The molecule has 0 spiro atoms. The smallest absolute Gasteiger partial charge is 0.325 e. The Morgan fingerprint density at radius 3 is 2.10 bits per heavy atom. The van der Waals surface area contributed by atoms with Gasteiger partial charge < -0.3 is 25.4 Å². The number of nitrogens with one attached hydrogen (secondary N) is 3. The second kappa shape index (κ2) is 16.1. The Morgan fingerprint density at radius 1 is 1.00 bits per heavy atom. The van der Waals surface area contributed by atoms with Crippen LogP contribution in [0.15, 0.2) is 24.3 Å². The van der Waals surface area contributed by atoms with Crippen LogP contribution >= 0.6 is 11.8 Å². The Bertz CT molecular complexity index is 990. The molecule has 0 unspecified atom stereocenters. The van der Waals surface area contributed by atoms with E-state index in [0.29, 0.717) is 12.2 Å². The maximum atomic E-state index is 13.6. The van der Waals surface area contributed by atoms with Crippen LogP contribution in [0.1, 0.15) is 59.9 Å². The van der Waals surface area contributed by atoms with Crippen LogP contribution in [0.25, 0.3) is 0 Å². The van der Waals surface area contributed by atoms with Crippen LogP contribution in [0, 0.1) is 11.8 Å². The largest absolute Gasteiger partial charge is 0.497 e. The number of hydrogen-bond acceptors (Lipinski definition) is 8. The molecule has 10 nitrogen and oxygen atoms in total. The zero-order valence-corrected chi connectivity index (χ0v) is 25.0. The summed E-state index contributed by atoms with van der Waals surface area (Å²) in [6.45, 7) is 10.1. The van der Waals surface area contributed by atoms with Gasteiger partial charge in [0, 0.05) is 32.1 Å². The van der Waals surface area contributed by atoms with Crippen molar-refractivity contribution < 1.29 is 33.4 Å². The van der Waals surface area contributed by atoms with E-state index in [1.807, 2.05) is 26.0 Å². The molecule has 0 aliphatic heterocycles. The summed E-state index contributed by atoms with van der Waals surface area (Å²) in [5, 5.41) is 7.00. The third-order valence-electron chi connectivity index (χ3n) is 5.54. The van der Waals surface area contributed by atoms with Crippen LogP contribution in [0.3, 0.4) is 0 Å². The van der Waals surface area contributed by atoms with E-state index >= 15 is 0 Å². The highest BCUT2D eigenvalue weighted by atomic mass is 32.2. The monoisotopic (exact) mass is 565 g/mol. The number of hydrogen-bond donors (Lipinski definition) is 3. The Kier molecular flexibility index (Phi) is 14.0. The molecule has 39 heavy (non-hydrogen) atoms. The number of likely N-dealkylation sites (N-methyl/N-ethyl adjacent to an activating group) is 1. The van der Waals surface area contributed by atoms with Crippen LogP contribution in [0.4, 0.5) is 0 Å². The molecule has 0 aromatic heterocycles. The lowest BCUT2D eigenvalue weighted by molar-refractivity contribution is -0.154. The highest BCUT2D eigenvalue weighted by Gasteiger charge is 2.34. The van der Waals surface area contributed by atoms with E-state index in [9.17, 15) is 24.0 Å². The van der Waals surface area contributed by atoms with Gasteiger partial charge >= 0.3 is 5.97 Å². The molecular formula is C28H43N3O7S. The summed E-state index contributed by atoms with van der Waals surface area (Å²) in [5.41, 5.74) is 0.129. The van der Waals surface area contributed by atoms with Crippen LogP contribution in [-0.2, 0) is 35.1 Å². The average molecular weight is 566 g/mol. The molecule has 3 amide bonds. The predicted molar refractivity (Wildman–Crippen MR) is 151 cm³/mol. The standard InChI is InChI=1S/C28H43N3O7S/c1-17(2)13-21(23(39-18(3)32)15-24(33)30-16-25(34)38-28(4,5)6)26(35)31-22(27(36)29-7)14-19-9-11-20(37-8)12-10-19/h9-12,17,21-23H,13-16H2,1-8H3,(H,29,36)(H,30,33)(H,31,35)/t21-,22+,23+/m1/s1. The van der Waals surface area contributed by atoms with E-state index in [-0.39, 0.29) is 36.3 Å². The molecule has 0 aliphatic rings. The van der Waals surface area contributed by atoms with E-state index in [1.165, 1.54) is 14.0 Å². The van der Waals surface area contributed by atoms with Crippen LogP contribution in [0.5, 0.6) is 5.75 Å². The SMILES string of the molecule is CNC(=O)[C@H](Cc1ccc(OC)cc1)NC(=O)[C@H](CC(C)C)[C@H](CC(=O)NCC(=O)OC(C)(C)C)SC(C)=O. The molecule has 0 heterocycles. The number of rotatable bonds is 14. The summed E-state index contributed by atoms with van der Waals surface area (Å²) >= 11 is 0.909. The van der Waals surface area contributed by atoms with Crippen molar-refractivity contribution in [3.8, 4) is 5.75 Å². The number of esters is 1. The molecule has 1 rings (SSSR count). The highest BCUT2D eigenvalue weighted by Crippen LogP contribution is 2.29. The molecule has 218 valence electrons. The second-order valence-electron chi connectivity index (χ2n) is 10.7. The van der Waals surface area contributed by atoms with Gasteiger partial charge in [-0.15, -0.1) is 0 Å². The second-order valence-corrected chi connectivity index (χ2v) is 12.1. The molecule has 11 heteroatoms. The quantitative estimate of drug-likeness (QED) is 0.293. The van der Waals surface area contributed by atoms with Crippen LogP contribution < -0.4 is 20.7 Å². The van der Waals surface area contributed by atoms with Gasteiger partial charge in [-0.25, -0.2) is 0 Å².